The number of aromatic carboxylic acids is 1. The Labute approximate surface area is 169 Å². The van der Waals surface area contributed by atoms with Gasteiger partial charge in [0.2, 0.25) is 11.7 Å². The summed E-state index contributed by atoms with van der Waals surface area (Å²) in [6.07, 6.45) is 0. The highest BCUT2D eigenvalue weighted by Crippen LogP contribution is 2.41. The van der Waals surface area contributed by atoms with Crippen LogP contribution in [0.4, 0.5) is 0 Å². The summed E-state index contributed by atoms with van der Waals surface area (Å²) < 4.78 is 17.2. The average molecular weight is 422 g/mol. The summed E-state index contributed by atoms with van der Waals surface area (Å²) in [7, 11) is 2.82. The van der Waals surface area contributed by atoms with Crippen molar-refractivity contribution in [1.29, 1.82) is 0 Å². The molecule has 0 fully saturated rings. The quantitative estimate of drug-likeness (QED) is 0.598. The van der Waals surface area contributed by atoms with Crippen LogP contribution in [0.25, 0.3) is 10.1 Å². The first-order chi connectivity index (χ1) is 13.4. The Morgan fingerprint density at radius 3 is 2.36 bits per heavy atom. The molecule has 0 aliphatic rings. The van der Waals surface area contributed by atoms with Crippen LogP contribution in [0.1, 0.15) is 25.6 Å². The van der Waals surface area contributed by atoms with Crippen LogP contribution in [0.15, 0.2) is 30.3 Å². The summed E-state index contributed by atoms with van der Waals surface area (Å²) >= 11 is 7.41. The molecule has 3 N–H and O–H groups in total. The molecule has 146 valence electrons. The molecule has 0 radical (unpaired) electrons. The first-order valence-corrected chi connectivity index (χ1v) is 9.18. The van der Waals surface area contributed by atoms with E-state index in [1.54, 1.807) is 18.2 Å². The van der Waals surface area contributed by atoms with Gasteiger partial charge in [-0.1, -0.05) is 17.7 Å². The van der Waals surface area contributed by atoms with Crippen molar-refractivity contribution in [3.05, 3.63) is 51.4 Å². The minimum Gasteiger partial charge on any atom is -0.493 e. The molecule has 7 nitrogen and oxygen atoms in total. The highest BCUT2D eigenvalue weighted by Gasteiger charge is 2.22. The molecule has 2 aromatic carbocycles. The number of methoxy groups -OCH3 is 2. The van der Waals surface area contributed by atoms with Gasteiger partial charge in [0, 0.05) is 26.2 Å². The molecule has 0 bridgehead atoms. The van der Waals surface area contributed by atoms with Crippen LogP contribution in [-0.2, 0) is 6.61 Å². The van der Waals surface area contributed by atoms with Crippen molar-refractivity contribution in [3.8, 4) is 17.2 Å². The van der Waals surface area contributed by atoms with Gasteiger partial charge in [0.25, 0.3) is 0 Å². The molecule has 3 rings (SSSR count). The molecular weight excluding hydrogens is 406 g/mol. The maximum Gasteiger partial charge on any atom is 0.346 e. The molecule has 0 atom stereocenters. The predicted octanol–water partition coefficient (Wildman–Crippen LogP) is 3.95. The fraction of sp³-hybridized carbons (Fsp3) is 0.158. The van der Waals surface area contributed by atoms with Crippen LogP contribution >= 0.6 is 22.9 Å². The number of carboxylic acids is 1. The van der Waals surface area contributed by atoms with Gasteiger partial charge < -0.3 is 25.1 Å². The molecule has 0 aliphatic carbocycles. The second-order valence-corrected chi connectivity index (χ2v) is 7.15. The molecule has 1 heterocycles. The SMILES string of the molecule is COc1cc(C(N)=O)cc(OC)c1OCc1c(C(=O)O)sc2cccc(Cl)c12. The molecule has 0 saturated heterocycles. The standard InChI is InChI=1S/C19H16ClNO6S/c1-25-12-6-9(18(21)22)7-13(26-2)16(12)27-8-10-15-11(20)4-3-5-14(15)28-17(10)19(23)24/h3-7H,8H2,1-2H3,(H2,21,22)(H,23,24). The Kier molecular flexibility index (Phi) is 5.62. The number of ether oxygens (including phenoxy) is 3. The first kappa shape index (κ1) is 19.8. The Hall–Kier alpha value is -2.97. The molecule has 0 unspecified atom stereocenters. The Bertz CT molecular complexity index is 1050. The highest BCUT2D eigenvalue weighted by molar-refractivity contribution is 7.21. The van der Waals surface area contributed by atoms with Crippen LogP contribution in [0.2, 0.25) is 5.02 Å². The number of carboxylic acid groups (broad SMARTS) is 1. The molecule has 3 aromatic rings. The zero-order chi connectivity index (χ0) is 20.4. The zero-order valence-corrected chi connectivity index (χ0v) is 16.5. The molecule has 0 saturated carbocycles. The molecule has 1 amide bonds. The molecule has 0 spiro atoms. The van der Waals surface area contributed by atoms with Crippen LogP contribution in [-0.4, -0.2) is 31.2 Å². The van der Waals surface area contributed by atoms with E-state index in [2.05, 4.69) is 0 Å². The van der Waals surface area contributed by atoms with Gasteiger partial charge in [-0.15, -0.1) is 11.3 Å². The molecule has 9 heteroatoms. The number of fused-ring (bicyclic) bond motifs is 1. The third-order valence-electron chi connectivity index (χ3n) is 4.06. The summed E-state index contributed by atoms with van der Waals surface area (Å²) in [6, 6.07) is 8.10. The second kappa shape index (κ2) is 7.95. The fourth-order valence-electron chi connectivity index (χ4n) is 2.79. The van der Waals surface area contributed by atoms with Crippen LogP contribution in [0.5, 0.6) is 17.2 Å². The topological polar surface area (TPSA) is 108 Å². The van der Waals surface area contributed by atoms with Crippen molar-refractivity contribution >= 4 is 44.9 Å². The van der Waals surface area contributed by atoms with Crippen molar-refractivity contribution in [3.63, 3.8) is 0 Å². The largest absolute Gasteiger partial charge is 0.493 e. The van der Waals surface area contributed by atoms with Crippen molar-refractivity contribution in [2.45, 2.75) is 6.61 Å². The number of halogens is 1. The van der Waals surface area contributed by atoms with Gasteiger partial charge >= 0.3 is 5.97 Å². The number of nitrogens with two attached hydrogens (primary N) is 1. The van der Waals surface area contributed by atoms with E-state index in [1.165, 1.54) is 26.4 Å². The lowest BCUT2D eigenvalue weighted by molar-refractivity contribution is 0.0699. The summed E-state index contributed by atoms with van der Waals surface area (Å²) in [5.41, 5.74) is 5.96. The Morgan fingerprint density at radius 2 is 1.82 bits per heavy atom. The van der Waals surface area contributed by atoms with Gasteiger partial charge in [0.1, 0.15) is 11.5 Å². The van der Waals surface area contributed by atoms with Crippen LogP contribution in [0.3, 0.4) is 0 Å². The summed E-state index contributed by atoms with van der Waals surface area (Å²) in [5.74, 6) is -1.03. The van der Waals surface area contributed by atoms with Gasteiger partial charge in [0.05, 0.1) is 14.2 Å². The lowest BCUT2D eigenvalue weighted by Gasteiger charge is -2.15. The lowest BCUT2D eigenvalue weighted by Crippen LogP contribution is -2.12. The van der Waals surface area contributed by atoms with E-state index in [0.29, 0.717) is 16.0 Å². The van der Waals surface area contributed by atoms with E-state index in [4.69, 9.17) is 31.5 Å². The van der Waals surface area contributed by atoms with E-state index >= 15 is 0 Å². The van der Waals surface area contributed by atoms with Gasteiger partial charge in [-0.2, -0.15) is 0 Å². The number of hydrogen-bond donors (Lipinski definition) is 2. The number of carbonyl (C=O) groups is 2. The van der Waals surface area contributed by atoms with E-state index in [1.807, 2.05) is 0 Å². The molecule has 1 aromatic heterocycles. The maximum absolute atomic E-state index is 11.7. The van der Waals surface area contributed by atoms with Gasteiger partial charge in [-0.3, -0.25) is 4.79 Å². The van der Waals surface area contributed by atoms with Crippen LogP contribution in [0, 0.1) is 0 Å². The van der Waals surface area contributed by atoms with Crippen molar-refractivity contribution in [2.75, 3.05) is 14.2 Å². The van der Waals surface area contributed by atoms with Crippen molar-refractivity contribution in [2.24, 2.45) is 5.73 Å². The highest BCUT2D eigenvalue weighted by atomic mass is 35.5. The van der Waals surface area contributed by atoms with E-state index in [9.17, 15) is 14.7 Å². The molecule has 0 aliphatic heterocycles. The van der Waals surface area contributed by atoms with Gasteiger partial charge in [-0.25, -0.2) is 4.79 Å². The minimum absolute atomic E-state index is 0.0893. The summed E-state index contributed by atoms with van der Waals surface area (Å²) in [5, 5.41) is 10.6. The third-order valence-corrected chi connectivity index (χ3v) is 5.56. The van der Waals surface area contributed by atoms with E-state index < -0.39 is 11.9 Å². The maximum atomic E-state index is 11.7. The fourth-order valence-corrected chi connectivity index (χ4v) is 4.20. The monoisotopic (exact) mass is 421 g/mol. The number of hydrogen-bond acceptors (Lipinski definition) is 6. The number of primary amides is 1. The minimum atomic E-state index is -1.07. The average Bonchev–Trinajstić information content (AvgIpc) is 3.05. The van der Waals surface area contributed by atoms with Gasteiger partial charge in [-0.05, 0) is 24.3 Å². The lowest BCUT2D eigenvalue weighted by atomic mass is 10.1. The number of thiophene rings is 1. The predicted molar refractivity (Wildman–Crippen MR) is 106 cm³/mol. The van der Waals surface area contributed by atoms with Crippen LogP contribution < -0.4 is 19.9 Å². The van der Waals surface area contributed by atoms with Gasteiger partial charge in [0.15, 0.2) is 11.5 Å². The van der Waals surface area contributed by atoms with Crippen molar-refractivity contribution < 1.29 is 28.9 Å². The smallest absolute Gasteiger partial charge is 0.346 e. The summed E-state index contributed by atoms with van der Waals surface area (Å²) in [4.78, 5) is 23.3. The Morgan fingerprint density at radius 1 is 1.18 bits per heavy atom. The first-order valence-electron chi connectivity index (χ1n) is 7.99. The van der Waals surface area contributed by atoms with Crippen molar-refractivity contribution in [1.82, 2.24) is 0 Å². The third kappa shape index (κ3) is 3.56. The van der Waals surface area contributed by atoms with E-state index in [0.717, 1.165) is 16.0 Å². The van der Waals surface area contributed by atoms with E-state index in [-0.39, 0.29) is 34.3 Å². The number of rotatable bonds is 7. The summed E-state index contributed by atoms with van der Waals surface area (Å²) in [6.45, 7) is -0.0893. The zero-order valence-electron chi connectivity index (χ0n) is 14.9. The number of carbonyl (C=O) groups excluding carboxylic acids is 1. The number of benzene rings is 2. The normalized spacial score (nSPS) is 10.7. The molecule has 28 heavy (non-hydrogen) atoms. The number of amides is 1. The second-order valence-electron chi connectivity index (χ2n) is 5.69. The Balaban J connectivity index is 2.07. The molecular formula is C19H16ClNO6S.